The van der Waals surface area contributed by atoms with Crippen LogP contribution >= 0.6 is 0 Å². The van der Waals surface area contributed by atoms with Crippen molar-refractivity contribution in [2.45, 2.75) is 45.8 Å². The molecule has 0 amide bonds. The summed E-state index contributed by atoms with van der Waals surface area (Å²) in [5, 5.41) is 14.1. The Kier molecular flexibility index (Phi) is 4.29. The molecule has 4 heteroatoms. The number of aliphatic hydroxyl groups excluding tert-OH is 1. The van der Waals surface area contributed by atoms with Gasteiger partial charge in [0.05, 0.1) is 12.3 Å². The topological polar surface area (TPSA) is 64.1 Å². The molecule has 0 spiro atoms. The minimum atomic E-state index is -0.590. The Morgan fingerprint density at radius 2 is 2.20 bits per heavy atom. The molecule has 1 unspecified atom stereocenters. The molecule has 0 radical (unpaired) electrons. The predicted octanol–water partition coefficient (Wildman–Crippen LogP) is 1.41. The Morgan fingerprint density at radius 1 is 1.53 bits per heavy atom. The van der Waals surface area contributed by atoms with Crippen LogP contribution in [0.25, 0.3) is 0 Å². The van der Waals surface area contributed by atoms with Gasteiger partial charge in [-0.15, -0.1) is 0 Å². The van der Waals surface area contributed by atoms with E-state index >= 15 is 0 Å². The van der Waals surface area contributed by atoms with E-state index in [0.717, 1.165) is 24.2 Å². The SMILES string of the molecule is CCCn1ncc(C(O)CN)c1C(C)C. The molecule has 0 fully saturated rings. The number of nitrogens with zero attached hydrogens (tertiary/aromatic N) is 2. The van der Waals surface area contributed by atoms with E-state index in [0.29, 0.717) is 5.92 Å². The van der Waals surface area contributed by atoms with Crippen LogP contribution in [0.5, 0.6) is 0 Å². The molecule has 3 N–H and O–H groups in total. The molecule has 86 valence electrons. The van der Waals surface area contributed by atoms with Gasteiger partial charge in [-0.1, -0.05) is 20.8 Å². The van der Waals surface area contributed by atoms with Gasteiger partial charge in [0.25, 0.3) is 0 Å². The van der Waals surface area contributed by atoms with E-state index in [-0.39, 0.29) is 6.54 Å². The van der Waals surface area contributed by atoms with Crippen molar-refractivity contribution in [2.24, 2.45) is 5.73 Å². The largest absolute Gasteiger partial charge is 0.387 e. The van der Waals surface area contributed by atoms with Crippen molar-refractivity contribution in [2.75, 3.05) is 6.54 Å². The number of hydrogen-bond donors (Lipinski definition) is 2. The van der Waals surface area contributed by atoms with Gasteiger partial charge in [-0.3, -0.25) is 4.68 Å². The molecular formula is C11H21N3O. The molecule has 0 aromatic carbocycles. The van der Waals surface area contributed by atoms with E-state index in [9.17, 15) is 5.11 Å². The van der Waals surface area contributed by atoms with Crippen LogP contribution in [-0.4, -0.2) is 21.4 Å². The van der Waals surface area contributed by atoms with E-state index in [4.69, 9.17) is 5.73 Å². The molecular weight excluding hydrogens is 190 g/mol. The molecule has 1 heterocycles. The standard InChI is InChI=1S/C11H21N3O/c1-4-5-14-11(8(2)3)9(7-13-14)10(15)6-12/h7-8,10,15H,4-6,12H2,1-3H3. The Hall–Kier alpha value is -0.870. The van der Waals surface area contributed by atoms with E-state index < -0.39 is 6.10 Å². The van der Waals surface area contributed by atoms with Crippen LogP contribution in [0.1, 0.15) is 50.5 Å². The van der Waals surface area contributed by atoms with Crippen LogP contribution < -0.4 is 5.73 Å². The number of aryl methyl sites for hydroxylation is 1. The third-order valence-corrected chi connectivity index (χ3v) is 2.47. The highest BCUT2D eigenvalue weighted by atomic mass is 16.3. The zero-order chi connectivity index (χ0) is 11.4. The average molecular weight is 211 g/mol. The molecule has 0 aliphatic carbocycles. The van der Waals surface area contributed by atoms with Crippen molar-refractivity contribution < 1.29 is 5.11 Å². The maximum absolute atomic E-state index is 9.76. The lowest BCUT2D eigenvalue weighted by Gasteiger charge is -2.14. The monoisotopic (exact) mass is 211 g/mol. The molecule has 0 aliphatic heterocycles. The highest BCUT2D eigenvalue weighted by molar-refractivity contribution is 5.23. The molecule has 0 aliphatic rings. The highest BCUT2D eigenvalue weighted by Crippen LogP contribution is 2.24. The summed E-state index contributed by atoms with van der Waals surface area (Å²) < 4.78 is 1.97. The maximum atomic E-state index is 9.76. The molecule has 1 aromatic heterocycles. The first-order chi connectivity index (χ1) is 7.11. The van der Waals surface area contributed by atoms with Crippen LogP contribution in [0.15, 0.2) is 6.20 Å². The van der Waals surface area contributed by atoms with E-state index in [1.165, 1.54) is 0 Å². The van der Waals surface area contributed by atoms with Crippen molar-refractivity contribution in [1.82, 2.24) is 9.78 Å². The Bertz CT molecular complexity index is 307. The lowest BCUT2D eigenvalue weighted by atomic mass is 10.0. The summed E-state index contributed by atoms with van der Waals surface area (Å²) in [5.41, 5.74) is 7.45. The molecule has 0 bridgehead atoms. The summed E-state index contributed by atoms with van der Waals surface area (Å²) in [6.45, 7) is 7.47. The van der Waals surface area contributed by atoms with Crippen LogP contribution in [0.3, 0.4) is 0 Å². The summed E-state index contributed by atoms with van der Waals surface area (Å²) in [6, 6.07) is 0. The van der Waals surface area contributed by atoms with Crippen molar-refractivity contribution in [1.29, 1.82) is 0 Å². The number of hydrogen-bond acceptors (Lipinski definition) is 3. The fraction of sp³-hybridized carbons (Fsp3) is 0.727. The lowest BCUT2D eigenvalue weighted by molar-refractivity contribution is 0.185. The van der Waals surface area contributed by atoms with Crippen LogP contribution in [-0.2, 0) is 6.54 Å². The fourth-order valence-electron chi connectivity index (χ4n) is 1.81. The van der Waals surface area contributed by atoms with Crippen molar-refractivity contribution in [3.8, 4) is 0 Å². The Balaban J connectivity index is 3.06. The second-order valence-corrected chi connectivity index (χ2v) is 4.11. The Morgan fingerprint density at radius 3 is 2.67 bits per heavy atom. The zero-order valence-electron chi connectivity index (χ0n) is 9.77. The third-order valence-electron chi connectivity index (χ3n) is 2.47. The number of aliphatic hydroxyl groups is 1. The van der Waals surface area contributed by atoms with Crippen LogP contribution in [0, 0.1) is 0 Å². The van der Waals surface area contributed by atoms with E-state index in [2.05, 4.69) is 25.9 Å². The van der Waals surface area contributed by atoms with Gasteiger partial charge in [-0.05, 0) is 12.3 Å². The third kappa shape index (κ3) is 2.58. The van der Waals surface area contributed by atoms with Gasteiger partial charge >= 0.3 is 0 Å². The van der Waals surface area contributed by atoms with Gasteiger partial charge in [0.2, 0.25) is 0 Å². The first kappa shape index (κ1) is 12.2. The smallest absolute Gasteiger partial charge is 0.0945 e. The quantitative estimate of drug-likeness (QED) is 0.774. The summed E-state index contributed by atoms with van der Waals surface area (Å²) in [5.74, 6) is 0.357. The second kappa shape index (κ2) is 5.28. The van der Waals surface area contributed by atoms with Gasteiger partial charge < -0.3 is 10.8 Å². The average Bonchev–Trinajstić information content (AvgIpc) is 2.61. The maximum Gasteiger partial charge on any atom is 0.0945 e. The number of aromatic nitrogens is 2. The summed E-state index contributed by atoms with van der Waals surface area (Å²) in [6.07, 6.45) is 2.19. The summed E-state index contributed by atoms with van der Waals surface area (Å²) >= 11 is 0. The van der Waals surface area contributed by atoms with Crippen molar-refractivity contribution in [3.05, 3.63) is 17.5 Å². The first-order valence-electron chi connectivity index (χ1n) is 5.55. The molecule has 1 aromatic rings. The zero-order valence-corrected chi connectivity index (χ0v) is 9.77. The molecule has 1 rings (SSSR count). The lowest BCUT2D eigenvalue weighted by Crippen LogP contribution is -2.15. The fourth-order valence-corrected chi connectivity index (χ4v) is 1.81. The molecule has 15 heavy (non-hydrogen) atoms. The molecule has 0 saturated carbocycles. The van der Waals surface area contributed by atoms with E-state index in [1.54, 1.807) is 6.20 Å². The van der Waals surface area contributed by atoms with Crippen molar-refractivity contribution in [3.63, 3.8) is 0 Å². The summed E-state index contributed by atoms with van der Waals surface area (Å²) in [4.78, 5) is 0. The van der Waals surface area contributed by atoms with Gasteiger partial charge in [0.15, 0.2) is 0 Å². The first-order valence-corrected chi connectivity index (χ1v) is 5.55. The van der Waals surface area contributed by atoms with Gasteiger partial charge in [0.1, 0.15) is 0 Å². The summed E-state index contributed by atoms with van der Waals surface area (Å²) in [7, 11) is 0. The van der Waals surface area contributed by atoms with Crippen molar-refractivity contribution >= 4 is 0 Å². The molecule has 0 saturated heterocycles. The van der Waals surface area contributed by atoms with E-state index in [1.807, 2.05) is 4.68 Å². The number of rotatable bonds is 5. The normalized spacial score (nSPS) is 13.5. The molecule has 4 nitrogen and oxygen atoms in total. The van der Waals surface area contributed by atoms with Gasteiger partial charge in [-0.2, -0.15) is 5.10 Å². The van der Waals surface area contributed by atoms with Gasteiger partial charge in [0, 0.05) is 24.3 Å². The predicted molar refractivity (Wildman–Crippen MR) is 60.6 cm³/mol. The molecule has 1 atom stereocenters. The number of nitrogens with two attached hydrogens (primary N) is 1. The minimum absolute atomic E-state index is 0.248. The second-order valence-electron chi connectivity index (χ2n) is 4.11. The highest BCUT2D eigenvalue weighted by Gasteiger charge is 2.18. The van der Waals surface area contributed by atoms with Gasteiger partial charge in [-0.25, -0.2) is 0 Å². The van der Waals surface area contributed by atoms with Crippen LogP contribution in [0.2, 0.25) is 0 Å². The minimum Gasteiger partial charge on any atom is -0.387 e. The van der Waals surface area contributed by atoms with Crippen LogP contribution in [0.4, 0.5) is 0 Å². The Labute approximate surface area is 91.1 Å².